The highest BCUT2D eigenvalue weighted by molar-refractivity contribution is 5.38. The first-order valence-electron chi connectivity index (χ1n) is 5.54. The smallest absolute Gasteiger partial charge is 0.124 e. The third-order valence-corrected chi connectivity index (χ3v) is 2.33. The molecule has 0 atom stereocenters. The molecule has 1 rings (SSSR count). The van der Waals surface area contributed by atoms with Crippen LogP contribution in [0.3, 0.4) is 0 Å². The summed E-state index contributed by atoms with van der Waals surface area (Å²) in [5.74, 6) is 1.44. The van der Waals surface area contributed by atoms with Crippen LogP contribution >= 0.6 is 0 Å². The van der Waals surface area contributed by atoms with Gasteiger partial charge in [0, 0.05) is 12.1 Å². The highest BCUT2D eigenvalue weighted by Gasteiger charge is 2.07. The minimum atomic E-state index is 0.195. The summed E-state index contributed by atoms with van der Waals surface area (Å²) in [6, 6.07) is 6.28. The molecular formula is C13H21NO. The van der Waals surface area contributed by atoms with Gasteiger partial charge >= 0.3 is 0 Å². The normalized spacial score (nSPS) is 11.1. The Balaban J connectivity index is 2.98. The van der Waals surface area contributed by atoms with E-state index in [4.69, 9.17) is 10.5 Å². The molecule has 2 heteroatoms. The number of nitrogens with two attached hydrogens (primary N) is 1. The summed E-state index contributed by atoms with van der Waals surface area (Å²) >= 11 is 0. The molecule has 0 saturated heterocycles. The molecule has 0 radical (unpaired) electrons. The van der Waals surface area contributed by atoms with Gasteiger partial charge in [0.2, 0.25) is 0 Å². The van der Waals surface area contributed by atoms with E-state index in [0.29, 0.717) is 12.5 Å². The largest absolute Gasteiger partial charge is 0.491 e. The first-order chi connectivity index (χ1) is 7.04. The van der Waals surface area contributed by atoms with Gasteiger partial charge in [0.05, 0.1) is 6.10 Å². The summed E-state index contributed by atoms with van der Waals surface area (Å²) in [6.45, 7) is 8.94. The van der Waals surface area contributed by atoms with Crippen LogP contribution in [0.4, 0.5) is 0 Å². The van der Waals surface area contributed by atoms with E-state index in [2.05, 4.69) is 26.0 Å². The van der Waals surface area contributed by atoms with Crippen molar-refractivity contribution in [3.63, 3.8) is 0 Å². The molecule has 15 heavy (non-hydrogen) atoms. The van der Waals surface area contributed by atoms with Crippen molar-refractivity contribution in [1.82, 2.24) is 0 Å². The summed E-state index contributed by atoms with van der Waals surface area (Å²) in [4.78, 5) is 0. The van der Waals surface area contributed by atoms with Gasteiger partial charge in [-0.2, -0.15) is 0 Å². The molecular weight excluding hydrogens is 186 g/mol. The molecule has 0 unspecified atom stereocenters. The van der Waals surface area contributed by atoms with Crippen molar-refractivity contribution in [3.8, 4) is 5.75 Å². The topological polar surface area (TPSA) is 35.2 Å². The van der Waals surface area contributed by atoms with Crippen LogP contribution in [0.15, 0.2) is 18.2 Å². The van der Waals surface area contributed by atoms with Gasteiger partial charge in [0.25, 0.3) is 0 Å². The molecule has 1 aromatic carbocycles. The lowest BCUT2D eigenvalue weighted by atomic mass is 10.0. The van der Waals surface area contributed by atoms with E-state index in [1.807, 2.05) is 19.9 Å². The summed E-state index contributed by atoms with van der Waals surface area (Å²) in [5, 5.41) is 0. The number of rotatable bonds is 4. The Bertz CT molecular complexity index is 318. The van der Waals surface area contributed by atoms with Crippen LogP contribution in [0.1, 0.15) is 44.7 Å². The first kappa shape index (κ1) is 12.1. The molecule has 0 saturated carbocycles. The molecule has 1 aromatic rings. The van der Waals surface area contributed by atoms with Gasteiger partial charge in [-0.05, 0) is 31.4 Å². The average molecular weight is 207 g/mol. The number of hydrogen-bond donors (Lipinski definition) is 1. The zero-order valence-electron chi connectivity index (χ0n) is 10.1. The van der Waals surface area contributed by atoms with Crippen molar-refractivity contribution in [1.29, 1.82) is 0 Å². The SMILES string of the molecule is CC(C)Oc1ccc(C(C)C)cc1CN. The van der Waals surface area contributed by atoms with Gasteiger partial charge in [0.15, 0.2) is 0 Å². The quantitative estimate of drug-likeness (QED) is 0.823. The molecule has 0 bridgehead atoms. The van der Waals surface area contributed by atoms with E-state index in [1.54, 1.807) is 0 Å². The molecule has 0 spiro atoms. The number of benzene rings is 1. The van der Waals surface area contributed by atoms with E-state index < -0.39 is 0 Å². The van der Waals surface area contributed by atoms with Crippen molar-refractivity contribution >= 4 is 0 Å². The molecule has 0 aliphatic heterocycles. The van der Waals surface area contributed by atoms with Crippen LogP contribution in [-0.2, 0) is 6.54 Å². The minimum absolute atomic E-state index is 0.195. The highest BCUT2D eigenvalue weighted by Crippen LogP contribution is 2.24. The fourth-order valence-corrected chi connectivity index (χ4v) is 1.49. The van der Waals surface area contributed by atoms with E-state index in [9.17, 15) is 0 Å². The van der Waals surface area contributed by atoms with Gasteiger partial charge < -0.3 is 10.5 Å². The molecule has 0 aliphatic carbocycles. The Hall–Kier alpha value is -1.02. The standard InChI is InChI=1S/C13H21NO/c1-9(2)11-5-6-13(15-10(3)4)12(7-11)8-14/h5-7,9-10H,8,14H2,1-4H3. The second-order valence-corrected chi connectivity index (χ2v) is 4.39. The molecule has 84 valence electrons. The highest BCUT2D eigenvalue weighted by atomic mass is 16.5. The molecule has 2 nitrogen and oxygen atoms in total. The maximum Gasteiger partial charge on any atom is 0.124 e. The Labute approximate surface area is 92.4 Å². The monoisotopic (exact) mass is 207 g/mol. The Morgan fingerprint density at radius 1 is 1.20 bits per heavy atom. The van der Waals surface area contributed by atoms with Crippen LogP contribution in [-0.4, -0.2) is 6.10 Å². The van der Waals surface area contributed by atoms with Gasteiger partial charge in [-0.25, -0.2) is 0 Å². The van der Waals surface area contributed by atoms with Crippen LogP contribution in [0.5, 0.6) is 5.75 Å². The van der Waals surface area contributed by atoms with E-state index in [0.717, 1.165) is 11.3 Å². The lowest BCUT2D eigenvalue weighted by molar-refractivity contribution is 0.240. The summed E-state index contributed by atoms with van der Waals surface area (Å²) in [6.07, 6.45) is 0.195. The zero-order chi connectivity index (χ0) is 11.4. The third kappa shape index (κ3) is 3.24. The van der Waals surface area contributed by atoms with E-state index >= 15 is 0 Å². The number of hydrogen-bond acceptors (Lipinski definition) is 2. The molecule has 2 N–H and O–H groups in total. The average Bonchev–Trinajstić information content (AvgIpc) is 2.17. The van der Waals surface area contributed by atoms with E-state index in [-0.39, 0.29) is 6.10 Å². The fraction of sp³-hybridized carbons (Fsp3) is 0.538. The predicted octanol–water partition coefficient (Wildman–Crippen LogP) is 3.06. The van der Waals surface area contributed by atoms with Crippen molar-refractivity contribution < 1.29 is 4.74 Å². The molecule has 0 fully saturated rings. The van der Waals surface area contributed by atoms with Crippen LogP contribution < -0.4 is 10.5 Å². The third-order valence-electron chi connectivity index (χ3n) is 2.33. The van der Waals surface area contributed by atoms with Gasteiger partial charge in [-0.1, -0.05) is 26.0 Å². The molecule has 0 amide bonds. The second-order valence-electron chi connectivity index (χ2n) is 4.39. The summed E-state index contributed by atoms with van der Waals surface area (Å²) in [5.41, 5.74) is 8.12. The summed E-state index contributed by atoms with van der Waals surface area (Å²) in [7, 11) is 0. The Kier molecular flexibility index (Phi) is 4.15. The van der Waals surface area contributed by atoms with Crippen LogP contribution in [0.25, 0.3) is 0 Å². The van der Waals surface area contributed by atoms with Gasteiger partial charge in [-0.15, -0.1) is 0 Å². The van der Waals surface area contributed by atoms with Crippen molar-refractivity contribution in [2.75, 3.05) is 0 Å². The van der Waals surface area contributed by atoms with Crippen molar-refractivity contribution in [2.24, 2.45) is 5.73 Å². The molecule has 0 heterocycles. The fourth-order valence-electron chi connectivity index (χ4n) is 1.49. The maximum atomic E-state index is 5.72. The minimum Gasteiger partial charge on any atom is -0.491 e. The van der Waals surface area contributed by atoms with Crippen LogP contribution in [0.2, 0.25) is 0 Å². The van der Waals surface area contributed by atoms with E-state index in [1.165, 1.54) is 5.56 Å². The lowest BCUT2D eigenvalue weighted by Crippen LogP contribution is -2.09. The zero-order valence-corrected chi connectivity index (χ0v) is 10.1. The van der Waals surface area contributed by atoms with Crippen LogP contribution in [0, 0.1) is 0 Å². The van der Waals surface area contributed by atoms with Crippen molar-refractivity contribution in [2.45, 2.75) is 46.3 Å². The predicted molar refractivity (Wildman–Crippen MR) is 64.2 cm³/mol. The first-order valence-corrected chi connectivity index (χ1v) is 5.54. The second kappa shape index (κ2) is 5.17. The summed E-state index contributed by atoms with van der Waals surface area (Å²) < 4.78 is 5.69. The van der Waals surface area contributed by atoms with Gasteiger partial charge in [0.1, 0.15) is 5.75 Å². The number of ether oxygens (including phenoxy) is 1. The Morgan fingerprint density at radius 2 is 1.87 bits per heavy atom. The molecule has 0 aromatic heterocycles. The Morgan fingerprint density at radius 3 is 2.33 bits per heavy atom. The van der Waals surface area contributed by atoms with Gasteiger partial charge in [-0.3, -0.25) is 0 Å². The maximum absolute atomic E-state index is 5.72. The molecule has 0 aliphatic rings. The lowest BCUT2D eigenvalue weighted by Gasteiger charge is -2.15. The van der Waals surface area contributed by atoms with Crippen molar-refractivity contribution in [3.05, 3.63) is 29.3 Å².